The van der Waals surface area contributed by atoms with Crippen LogP contribution < -0.4 is 11.1 Å². The van der Waals surface area contributed by atoms with Crippen molar-refractivity contribution in [1.29, 1.82) is 0 Å². The van der Waals surface area contributed by atoms with Crippen LogP contribution in [-0.4, -0.2) is 20.6 Å². The summed E-state index contributed by atoms with van der Waals surface area (Å²) in [6.45, 7) is 5.92. The third-order valence-corrected chi connectivity index (χ3v) is 5.22. The first-order valence-corrected chi connectivity index (χ1v) is 7.77. The van der Waals surface area contributed by atoms with Gasteiger partial charge in [-0.2, -0.15) is 0 Å². The zero-order valence-corrected chi connectivity index (χ0v) is 12.5. The highest BCUT2D eigenvalue weighted by Gasteiger charge is 2.24. The predicted octanol–water partition coefficient (Wildman–Crippen LogP) is 2.02. The molecule has 1 rings (SSSR count). The summed E-state index contributed by atoms with van der Waals surface area (Å²) in [7, 11) is -1.17. The van der Waals surface area contributed by atoms with Crippen molar-refractivity contribution in [2.45, 2.75) is 44.2 Å². The molecule has 1 aromatic carbocycles. The summed E-state index contributed by atoms with van der Waals surface area (Å²) < 4.78 is 12.1. The van der Waals surface area contributed by atoms with Gasteiger partial charge in [-0.1, -0.05) is 32.0 Å². The maximum Gasteiger partial charge on any atom is 0.239 e. The van der Waals surface area contributed by atoms with Gasteiger partial charge < -0.3 is 11.1 Å². The molecule has 0 heterocycles. The Kier molecular flexibility index (Phi) is 6.18. The number of anilines is 1. The van der Waals surface area contributed by atoms with Gasteiger partial charge in [0.1, 0.15) is 5.25 Å². The molecule has 0 fully saturated rings. The first-order valence-electron chi connectivity index (χ1n) is 6.49. The van der Waals surface area contributed by atoms with Crippen LogP contribution in [-0.2, 0) is 22.1 Å². The van der Waals surface area contributed by atoms with Gasteiger partial charge in [0.05, 0.1) is 0 Å². The minimum absolute atomic E-state index is 0.0190. The third-order valence-electron chi connectivity index (χ3n) is 3.18. The van der Waals surface area contributed by atoms with Gasteiger partial charge in [0, 0.05) is 28.3 Å². The number of hydrogen-bond acceptors (Lipinski definition) is 3. The Balaban J connectivity index is 2.77. The van der Waals surface area contributed by atoms with Crippen LogP contribution in [0, 0.1) is 0 Å². The van der Waals surface area contributed by atoms with Crippen molar-refractivity contribution in [1.82, 2.24) is 0 Å². The third kappa shape index (κ3) is 4.14. The van der Waals surface area contributed by atoms with Crippen LogP contribution >= 0.6 is 0 Å². The number of nitrogens with two attached hydrogens (primary N) is 1. The van der Waals surface area contributed by atoms with E-state index in [9.17, 15) is 9.00 Å². The first kappa shape index (κ1) is 15.9. The van der Waals surface area contributed by atoms with E-state index in [0.29, 0.717) is 12.2 Å². The van der Waals surface area contributed by atoms with E-state index in [0.717, 1.165) is 12.0 Å². The van der Waals surface area contributed by atoms with E-state index in [4.69, 9.17) is 5.73 Å². The molecule has 0 radical (unpaired) electrons. The van der Waals surface area contributed by atoms with Crippen LogP contribution in [0.25, 0.3) is 0 Å². The Morgan fingerprint density at radius 3 is 2.58 bits per heavy atom. The van der Waals surface area contributed by atoms with E-state index in [1.807, 2.05) is 32.0 Å². The zero-order valence-electron chi connectivity index (χ0n) is 11.7. The summed E-state index contributed by atoms with van der Waals surface area (Å²) in [5.41, 5.74) is 7.19. The number of carbonyl (C=O) groups excluding carboxylic acids is 1. The van der Waals surface area contributed by atoms with Crippen LogP contribution in [0.1, 0.15) is 32.8 Å². The average Bonchev–Trinajstić information content (AvgIpc) is 2.45. The monoisotopic (exact) mass is 282 g/mol. The van der Waals surface area contributed by atoms with Gasteiger partial charge in [-0.15, -0.1) is 0 Å². The van der Waals surface area contributed by atoms with Gasteiger partial charge in [-0.25, -0.2) is 0 Å². The highest BCUT2D eigenvalue weighted by molar-refractivity contribution is 7.87. The van der Waals surface area contributed by atoms with Gasteiger partial charge in [0.15, 0.2) is 0 Å². The maximum absolute atomic E-state index is 12.1. The largest absolute Gasteiger partial charge is 0.326 e. The predicted molar refractivity (Wildman–Crippen MR) is 80.3 cm³/mol. The lowest BCUT2D eigenvalue weighted by Gasteiger charge is -2.17. The molecule has 0 bridgehead atoms. The molecule has 0 aliphatic carbocycles. The topological polar surface area (TPSA) is 72.2 Å². The molecule has 0 saturated heterocycles. The summed E-state index contributed by atoms with van der Waals surface area (Å²) in [6, 6.07) is 7.38. The molecule has 3 atom stereocenters. The molecule has 5 heteroatoms. The fourth-order valence-corrected chi connectivity index (χ4v) is 2.97. The van der Waals surface area contributed by atoms with E-state index in [1.165, 1.54) is 0 Å². The highest BCUT2D eigenvalue weighted by Crippen LogP contribution is 2.16. The number of para-hydroxylation sites is 1. The van der Waals surface area contributed by atoms with E-state index in [-0.39, 0.29) is 11.2 Å². The smallest absolute Gasteiger partial charge is 0.239 e. The SMILES string of the molecule is CCC(C)S(=O)C(C)C(=O)Nc1ccccc1CN. The standard InChI is InChI=1S/C14H22N2O2S/c1-4-10(2)19(18)11(3)14(17)16-13-8-6-5-7-12(13)9-15/h5-8,10-11H,4,9,15H2,1-3H3,(H,16,17). The van der Waals surface area contributed by atoms with Gasteiger partial charge in [0.2, 0.25) is 5.91 Å². The highest BCUT2D eigenvalue weighted by atomic mass is 32.2. The molecule has 0 aromatic heterocycles. The van der Waals surface area contributed by atoms with E-state index < -0.39 is 16.0 Å². The summed E-state index contributed by atoms with van der Waals surface area (Å²) in [5.74, 6) is -0.223. The quantitative estimate of drug-likeness (QED) is 0.838. The molecule has 19 heavy (non-hydrogen) atoms. The van der Waals surface area contributed by atoms with Crippen molar-refractivity contribution in [2.75, 3.05) is 5.32 Å². The zero-order chi connectivity index (χ0) is 14.4. The molecule has 3 unspecified atom stereocenters. The van der Waals surface area contributed by atoms with Crippen LogP contribution in [0.2, 0.25) is 0 Å². The molecule has 0 aliphatic rings. The summed E-state index contributed by atoms with van der Waals surface area (Å²) in [6.07, 6.45) is 0.795. The summed E-state index contributed by atoms with van der Waals surface area (Å²) >= 11 is 0. The fraction of sp³-hybridized carbons (Fsp3) is 0.500. The summed E-state index contributed by atoms with van der Waals surface area (Å²) in [5, 5.41) is 2.30. The van der Waals surface area contributed by atoms with E-state index in [1.54, 1.807) is 13.0 Å². The van der Waals surface area contributed by atoms with Crippen molar-refractivity contribution in [3.63, 3.8) is 0 Å². The van der Waals surface area contributed by atoms with Crippen molar-refractivity contribution in [2.24, 2.45) is 5.73 Å². The lowest BCUT2D eigenvalue weighted by atomic mass is 10.2. The Morgan fingerprint density at radius 1 is 1.37 bits per heavy atom. The molecular weight excluding hydrogens is 260 g/mol. The van der Waals surface area contributed by atoms with Gasteiger partial charge in [-0.3, -0.25) is 9.00 Å². The fourth-order valence-electron chi connectivity index (χ4n) is 1.67. The molecular formula is C14H22N2O2S. The Hall–Kier alpha value is -1.20. The molecule has 1 aromatic rings. The second-order valence-electron chi connectivity index (χ2n) is 4.54. The number of rotatable bonds is 6. The number of carbonyl (C=O) groups is 1. The van der Waals surface area contributed by atoms with Crippen LogP contribution in [0.5, 0.6) is 0 Å². The summed E-state index contributed by atoms with van der Waals surface area (Å²) in [4.78, 5) is 12.1. The molecule has 4 nitrogen and oxygen atoms in total. The van der Waals surface area contributed by atoms with Crippen LogP contribution in [0.15, 0.2) is 24.3 Å². The molecule has 0 aliphatic heterocycles. The number of amides is 1. The minimum atomic E-state index is -1.17. The van der Waals surface area contributed by atoms with E-state index in [2.05, 4.69) is 5.32 Å². The Bertz CT molecular complexity index is 463. The van der Waals surface area contributed by atoms with Crippen molar-refractivity contribution in [3.05, 3.63) is 29.8 Å². The van der Waals surface area contributed by atoms with Crippen molar-refractivity contribution in [3.8, 4) is 0 Å². The molecule has 106 valence electrons. The molecule has 1 amide bonds. The van der Waals surface area contributed by atoms with Crippen molar-refractivity contribution >= 4 is 22.4 Å². The number of benzene rings is 1. The van der Waals surface area contributed by atoms with Gasteiger partial charge >= 0.3 is 0 Å². The minimum Gasteiger partial charge on any atom is -0.326 e. The molecule has 3 N–H and O–H groups in total. The second kappa shape index (κ2) is 7.40. The number of nitrogens with one attached hydrogen (secondary N) is 1. The van der Waals surface area contributed by atoms with Crippen LogP contribution in [0.4, 0.5) is 5.69 Å². The Labute approximate surface area is 117 Å². The lowest BCUT2D eigenvalue weighted by molar-refractivity contribution is -0.115. The van der Waals surface area contributed by atoms with Crippen molar-refractivity contribution < 1.29 is 9.00 Å². The first-order chi connectivity index (χ1) is 9.01. The molecule has 0 spiro atoms. The number of hydrogen-bond donors (Lipinski definition) is 2. The second-order valence-corrected chi connectivity index (χ2v) is 6.71. The normalized spacial score (nSPS) is 15.6. The maximum atomic E-state index is 12.1. The van der Waals surface area contributed by atoms with E-state index >= 15 is 0 Å². The van der Waals surface area contributed by atoms with Crippen LogP contribution in [0.3, 0.4) is 0 Å². The van der Waals surface area contributed by atoms with Gasteiger partial charge in [0.25, 0.3) is 0 Å². The molecule has 0 saturated carbocycles. The van der Waals surface area contributed by atoms with Gasteiger partial charge in [-0.05, 0) is 25.0 Å². The Morgan fingerprint density at radius 2 is 2.00 bits per heavy atom. The average molecular weight is 282 g/mol. The lowest BCUT2D eigenvalue weighted by Crippen LogP contribution is -2.33.